The Morgan fingerprint density at radius 2 is 1.79 bits per heavy atom. The van der Waals surface area contributed by atoms with E-state index in [1.807, 2.05) is 18.2 Å². The van der Waals surface area contributed by atoms with Crippen LogP contribution in [0.25, 0.3) is 0 Å². The number of benzene rings is 1. The molecule has 0 radical (unpaired) electrons. The zero-order valence-electron chi connectivity index (χ0n) is 14.8. The Morgan fingerprint density at radius 3 is 2.38 bits per heavy atom. The standard InChI is InChI=1S/C19H29ClN2O.ClH/c1-3-15(4-2)19(23)21-14-18(22-12-8-5-9-13-22)16-10-6-7-11-17(16)20;/h6-7,10-11,15,18H,3-5,8-9,12-14H2,1-2H3,(H,21,23);1H. The molecule has 136 valence electrons. The highest BCUT2D eigenvalue weighted by Gasteiger charge is 2.25. The number of likely N-dealkylation sites (tertiary alicyclic amines) is 1. The van der Waals surface area contributed by atoms with E-state index in [4.69, 9.17) is 11.6 Å². The fourth-order valence-corrected chi connectivity index (χ4v) is 3.67. The average molecular weight is 373 g/mol. The zero-order chi connectivity index (χ0) is 16.7. The fraction of sp³-hybridized carbons (Fsp3) is 0.632. The van der Waals surface area contributed by atoms with Crippen molar-refractivity contribution in [3.05, 3.63) is 34.9 Å². The summed E-state index contributed by atoms with van der Waals surface area (Å²) in [6.07, 6.45) is 5.53. The predicted molar refractivity (Wildman–Crippen MR) is 104 cm³/mol. The Morgan fingerprint density at radius 1 is 1.17 bits per heavy atom. The molecule has 1 aliphatic rings. The number of amides is 1. The number of hydrogen-bond acceptors (Lipinski definition) is 2. The minimum atomic E-state index is 0. The lowest BCUT2D eigenvalue weighted by Crippen LogP contribution is -2.42. The normalized spacial score (nSPS) is 16.5. The molecule has 1 unspecified atom stereocenters. The van der Waals surface area contributed by atoms with E-state index in [2.05, 4.69) is 30.1 Å². The van der Waals surface area contributed by atoms with Crippen molar-refractivity contribution >= 4 is 29.9 Å². The number of piperidine rings is 1. The van der Waals surface area contributed by atoms with E-state index in [0.29, 0.717) is 6.54 Å². The summed E-state index contributed by atoms with van der Waals surface area (Å²) in [5.41, 5.74) is 1.13. The molecule has 0 saturated carbocycles. The summed E-state index contributed by atoms with van der Waals surface area (Å²) in [5, 5.41) is 3.96. The predicted octanol–water partition coefficient (Wildman–Crippen LogP) is 4.84. The zero-order valence-corrected chi connectivity index (χ0v) is 16.3. The van der Waals surface area contributed by atoms with Gasteiger partial charge in [0, 0.05) is 17.5 Å². The van der Waals surface area contributed by atoms with Gasteiger partial charge in [0.2, 0.25) is 5.91 Å². The number of nitrogens with one attached hydrogen (secondary N) is 1. The Labute approximate surface area is 157 Å². The number of carbonyl (C=O) groups is 1. The van der Waals surface area contributed by atoms with Crippen LogP contribution in [0.2, 0.25) is 5.02 Å². The molecule has 0 bridgehead atoms. The third-order valence-corrected chi connectivity index (χ3v) is 5.27. The number of nitrogens with zero attached hydrogens (tertiary/aromatic N) is 1. The number of hydrogen-bond donors (Lipinski definition) is 1. The lowest BCUT2D eigenvalue weighted by atomic mass is 10.00. The minimum absolute atomic E-state index is 0. The summed E-state index contributed by atoms with van der Waals surface area (Å²) in [6, 6.07) is 8.19. The molecule has 0 spiro atoms. The molecule has 0 aliphatic carbocycles. The summed E-state index contributed by atoms with van der Waals surface area (Å²) < 4.78 is 0. The Kier molecular flexibility index (Phi) is 9.72. The monoisotopic (exact) mass is 372 g/mol. The molecule has 0 aromatic heterocycles. The molecule has 1 amide bonds. The highest BCUT2D eigenvalue weighted by Crippen LogP contribution is 2.29. The Balaban J connectivity index is 0.00000288. The minimum Gasteiger partial charge on any atom is -0.354 e. The smallest absolute Gasteiger partial charge is 0.223 e. The van der Waals surface area contributed by atoms with Crippen LogP contribution in [0, 0.1) is 5.92 Å². The molecule has 1 heterocycles. The van der Waals surface area contributed by atoms with Crippen LogP contribution in [0.15, 0.2) is 24.3 Å². The molecule has 1 saturated heterocycles. The second-order valence-corrected chi connectivity index (χ2v) is 6.80. The second-order valence-electron chi connectivity index (χ2n) is 6.39. The van der Waals surface area contributed by atoms with Gasteiger partial charge in [-0.05, 0) is 50.4 Å². The van der Waals surface area contributed by atoms with E-state index in [1.165, 1.54) is 19.3 Å². The van der Waals surface area contributed by atoms with Gasteiger partial charge in [-0.1, -0.05) is 50.1 Å². The van der Waals surface area contributed by atoms with Crippen molar-refractivity contribution in [2.45, 2.75) is 52.0 Å². The van der Waals surface area contributed by atoms with Crippen LogP contribution in [0.1, 0.15) is 57.6 Å². The van der Waals surface area contributed by atoms with Crippen molar-refractivity contribution in [3.8, 4) is 0 Å². The van der Waals surface area contributed by atoms with Crippen LogP contribution in [-0.4, -0.2) is 30.4 Å². The van der Waals surface area contributed by atoms with Gasteiger partial charge >= 0.3 is 0 Å². The quantitative estimate of drug-likeness (QED) is 0.742. The molecule has 1 atom stereocenters. The Hall–Kier alpha value is -0.770. The SMILES string of the molecule is CCC(CC)C(=O)NCC(c1ccccc1Cl)N1CCCCC1.Cl. The number of halogens is 2. The molecule has 1 aliphatic heterocycles. The van der Waals surface area contributed by atoms with E-state index in [1.54, 1.807) is 0 Å². The van der Waals surface area contributed by atoms with Crippen molar-refractivity contribution in [1.82, 2.24) is 10.2 Å². The van der Waals surface area contributed by atoms with Crippen molar-refractivity contribution in [2.24, 2.45) is 5.92 Å². The van der Waals surface area contributed by atoms with Gasteiger partial charge in [0.1, 0.15) is 0 Å². The van der Waals surface area contributed by atoms with Gasteiger partial charge in [-0.3, -0.25) is 9.69 Å². The number of rotatable bonds is 7. The lowest BCUT2D eigenvalue weighted by Gasteiger charge is -2.35. The first-order valence-electron chi connectivity index (χ1n) is 8.93. The molecule has 24 heavy (non-hydrogen) atoms. The van der Waals surface area contributed by atoms with Crippen LogP contribution in [0.4, 0.5) is 0 Å². The molecule has 3 nitrogen and oxygen atoms in total. The Bertz CT molecular complexity index is 500. The van der Waals surface area contributed by atoms with Gasteiger partial charge in [-0.25, -0.2) is 0 Å². The van der Waals surface area contributed by atoms with Crippen molar-refractivity contribution < 1.29 is 4.79 Å². The van der Waals surface area contributed by atoms with E-state index in [9.17, 15) is 4.79 Å². The first-order chi connectivity index (χ1) is 11.2. The van der Waals surface area contributed by atoms with Gasteiger partial charge in [0.25, 0.3) is 0 Å². The van der Waals surface area contributed by atoms with Gasteiger partial charge in [-0.2, -0.15) is 0 Å². The molecule has 1 aromatic rings. The summed E-state index contributed by atoms with van der Waals surface area (Å²) in [4.78, 5) is 14.8. The van der Waals surface area contributed by atoms with Crippen LogP contribution in [0.3, 0.4) is 0 Å². The maximum Gasteiger partial charge on any atom is 0.223 e. The van der Waals surface area contributed by atoms with Gasteiger partial charge in [0.05, 0.1) is 6.04 Å². The molecular formula is C19H30Cl2N2O. The third-order valence-electron chi connectivity index (χ3n) is 4.92. The highest BCUT2D eigenvalue weighted by atomic mass is 35.5. The largest absolute Gasteiger partial charge is 0.354 e. The molecule has 5 heteroatoms. The fourth-order valence-electron chi connectivity index (χ4n) is 3.41. The molecule has 1 aromatic carbocycles. The van der Waals surface area contributed by atoms with E-state index >= 15 is 0 Å². The second kappa shape index (κ2) is 11.0. The van der Waals surface area contributed by atoms with Crippen molar-refractivity contribution in [2.75, 3.05) is 19.6 Å². The molecular weight excluding hydrogens is 343 g/mol. The van der Waals surface area contributed by atoms with E-state index < -0.39 is 0 Å². The summed E-state index contributed by atoms with van der Waals surface area (Å²) in [5.74, 6) is 0.285. The summed E-state index contributed by atoms with van der Waals surface area (Å²) in [7, 11) is 0. The molecule has 1 N–H and O–H groups in total. The maximum absolute atomic E-state index is 12.3. The van der Waals surface area contributed by atoms with Crippen LogP contribution in [0.5, 0.6) is 0 Å². The van der Waals surface area contributed by atoms with Gasteiger partial charge < -0.3 is 5.32 Å². The van der Waals surface area contributed by atoms with Crippen molar-refractivity contribution in [1.29, 1.82) is 0 Å². The third kappa shape index (κ3) is 5.65. The average Bonchev–Trinajstić information content (AvgIpc) is 2.58. The number of carbonyl (C=O) groups excluding carboxylic acids is 1. The molecule has 2 rings (SSSR count). The highest BCUT2D eigenvalue weighted by molar-refractivity contribution is 6.31. The molecule has 1 fully saturated rings. The first kappa shape index (κ1) is 21.3. The summed E-state index contributed by atoms with van der Waals surface area (Å²) in [6.45, 7) is 6.94. The summed E-state index contributed by atoms with van der Waals surface area (Å²) >= 11 is 6.43. The first-order valence-corrected chi connectivity index (χ1v) is 9.31. The van der Waals surface area contributed by atoms with Crippen LogP contribution in [-0.2, 0) is 4.79 Å². The van der Waals surface area contributed by atoms with Crippen LogP contribution < -0.4 is 5.32 Å². The van der Waals surface area contributed by atoms with Crippen LogP contribution >= 0.6 is 24.0 Å². The van der Waals surface area contributed by atoms with E-state index in [0.717, 1.165) is 36.5 Å². The lowest BCUT2D eigenvalue weighted by molar-refractivity contribution is -0.125. The van der Waals surface area contributed by atoms with Gasteiger partial charge in [-0.15, -0.1) is 12.4 Å². The topological polar surface area (TPSA) is 32.3 Å². The van der Waals surface area contributed by atoms with E-state index in [-0.39, 0.29) is 30.3 Å². The maximum atomic E-state index is 12.3. The van der Waals surface area contributed by atoms with Crippen molar-refractivity contribution in [3.63, 3.8) is 0 Å². The van der Waals surface area contributed by atoms with Gasteiger partial charge in [0.15, 0.2) is 0 Å².